The Morgan fingerprint density at radius 2 is 1.53 bits per heavy atom. The first-order chi connectivity index (χ1) is 15.1. The van der Waals surface area contributed by atoms with E-state index in [1.165, 1.54) is 18.2 Å². The van der Waals surface area contributed by atoms with Crippen molar-refractivity contribution in [3.05, 3.63) is 82.3 Å². The lowest BCUT2D eigenvalue weighted by Crippen LogP contribution is -2.31. The van der Waals surface area contributed by atoms with Crippen LogP contribution in [0.25, 0.3) is 0 Å². The van der Waals surface area contributed by atoms with Crippen molar-refractivity contribution in [2.45, 2.75) is 19.8 Å². The van der Waals surface area contributed by atoms with Crippen LogP contribution < -0.4 is 20.9 Å². The van der Waals surface area contributed by atoms with Gasteiger partial charge in [0.2, 0.25) is 5.91 Å². The van der Waals surface area contributed by atoms with Gasteiger partial charge in [0, 0.05) is 17.4 Å². The van der Waals surface area contributed by atoms with Crippen molar-refractivity contribution in [1.29, 1.82) is 0 Å². The number of aromatic nitrogens is 2. The van der Waals surface area contributed by atoms with E-state index >= 15 is 0 Å². The van der Waals surface area contributed by atoms with Gasteiger partial charge in [-0.2, -0.15) is 5.10 Å². The molecule has 2 N–H and O–H groups in total. The minimum atomic E-state index is -4.83. The molecule has 0 aliphatic carbocycles. The second kappa shape index (κ2) is 9.33. The van der Waals surface area contributed by atoms with Crippen molar-refractivity contribution in [3.63, 3.8) is 0 Å². The molecular formula is C21H17F3N4O4. The summed E-state index contributed by atoms with van der Waals surface area (Å²) < 4.78 is 41.2. The van der Waals surface area contributed by atoms with Gasteiger partial charge in [0.15, 0.2) is 0 Å². The fourth-order valence-corrected chi connectivity index (χ4v) is 2.59. The van der Waals surface area contributed by atoms with E-state index in [9.17, 15) is 27.6 Å². The normalized spacial score (nSPS) is 11.0. The number of carbonyl (C=O) groups is 2. The van der Waals surface area contributed by atoms with Crippen molar-refractivity contribution >= 4 is 23.2 Å². The standard InChI is InChI=1S/C21H17F3N4O4/c1-13-2-4-15(5-3-13)26-20(31)17-10-11-19(30)28(27-17)12-18(29)25-14-6-8-16(9-7-14)32-21(22,23)24/h2-11H,12H2,1H3,(H,25,29)(H,26,31). The minimum absolute atomic E-state index is 0.0772. The maximum atomic E-state index is 12.4. The molecule has 0 unspecified atom stereocenters. The van der Waals surface area contributed by atoms with Crippen molar-refractivity contribution in [3.8, 4) is 5.75 Å². The second-order valence-electron chi connectivity index (χ2n) is 6.65. The molecule has 0 fully saturated rings. The highest BCUT2D eigenvalue weighted by molar-refractivity contribution is 6.02. The van der Waals surface area contributed by atoms with Crippen LogP contribution >= 0.6 is 0 Å². The average Bonchev–Trinajstić information content (AvgIpc) is 2.71. The summed E-state index contributed by atoms with van der Waals surface area (Å²) in [6.45, 7) is 1.39. The fraction of sp³-hybridized carbons (Fsp3) is 0.143. The number of rotatable bonds is 6. The summed E-state index contributed by atoms with van der Waals surface area (Å²) in [5, 5.41) is 8.97. The first-order valence-electron chi connectivity index (χ1n) is 9.21. The van der Waals surface area contributed by atoms with Crippen LogP contribution in [0, 0.1) is 6.92 Å². The number of aryl methyl sites for hydroxylation is 1. The smallest absolute Gasteiger partial charge is 0.406 e. The maximum Gasteiger partial charge on any atom is 0.573 e. The van der Waals surface area contributed by atoms with E-state index in [1.807, 2.05) is 19.1 Å². The number of ether oxygens (including phenoxy) is 1. The summed E-state index contributed by atoms with van der Waals surface area (Å²) in [6.07, 6.45) is -4.83. The van der Waals surface area contributed by atoms with Gasteiger partial charge in [-0.05, 0) is 49.4 Å². The van der Waals surface area contributed by atoms with E-state index in [2.05, 4.69) is 20.5 Å². The van der Waals surface area contributed by atoms with Gasteiger partial charge >= 0.3 is 6.36 Å². The highest BCUT2D eigenvalue weighted by atomic mass is 19.4. The van der Waals surface area contributed by atoms with Crippen LogP contribution in [-0.4, -0.2) is 28.0 Å². The molecule has 32 heavy (non-hydrogen) atoms. The Morgan fingerprint density at radius 3 is 2.16 bits per heavy atom. The summed E-state index contributed by atoms with van der Waals surface area (Å²) in [5.41, 5.74) is 1.05. The molecular weight excluding hydrogens is 429 g/mol. The maximum absolute atomic E-state index is 12.4. The Morgan fingerprint density at radius 1 is 0.938 bits per heavy atom. The molecule has 0 radical (unpaired) electrons. The van der Waals surface area contributed by atoms with E-state index in [-0.39, 0.29) is 11.4 Å². The Kier molecular flexibility index (Phi) is 6.57. The van der Waals surface area contributed by atoms with Gasteiger partial charge in [-0.1, -0.05) is 17.7 Å². The van der Waals surface area contributed by atoms with E-state index in [0.717, 1.165) is 28.4 Å². The monoisotopic (exact) mass is 446 g/mol. The Bertz CT molecular complexity index is 1170. The van der Waals surface area contributed by atoms with Crippen LogP contribution in [0.1, 0.15) is 16.1 Å². The number of nitrogens with one attached hydrogen (secondary N) is 2. The van der Waals surface area contributed by atoms with E-state index in [1.54, 1.807) is 12.1 Å². The lowest BCUT2D eigenvalue weighted by Gasteiger charge is -2.11. The molecule has 3 rings (SSSR count). The van der Waals surface area contributed by atoms with Crippen LogP contribution in [-0.2, 0) is 11.3 Å². The molecule has 0 bridgehead atoms. The number of benzene rings is 2. The Labute approximate surface area is 179 Å². The fourth-order valence-electron chi connectivity index (χ4n) is 2.59. The largest absolute Gasteiger partial charge is 0.573 e. The molecule has 0 aliphatic heterocycles. The Hall–Kier alpha value is -4.15. The van der Waals surface area contributed by atoms with Crippen LogP contribution in [0.15, 0.2) is 65.5 Å². The minimum Gasteiger partial charge on any atom is -0.406 e. The molecule has 2 aromatic carbocycles. The number of amides is 2. The summed E-state index contributed by atoms with van der Waals surface area (Å²) in [7, 11) is 0. The van der Waals surface area contributed by atoms with E-state index in [0.29, 0.717) is 5.69 Å². The third-order valence-electron chi connectivity index (χ3n) is 4.07. The van der Waals surface area contributed by atoms with Crippen LogP contribution in [0.4, 0.5) is 24.5 Å². The predicted octanol–water partition coefficient (Wildman–Crippen LogP) is 3.34. The lowest BCUT2D eigenvalue weighted by molar-refractivity contribution is -0.274. The molecule has 2 amide bonds. The average molecular weight is 446 g/mol. The zero-order chi connectivity index (χ0) is 23.3. The highest BCUT2D eigenvalue weighted by Gasteiger charge is 2.31. The molecule has 8 nitrogen and oxygen atoms in total. The summed E-state index contributed by atoms with van der Waals surface area (Å²) in [5.74, 6) is -1.68. The predicted molar refractivity (Wildman–Crippen MR) is 109 cm³/mol. The van der Waals surface area contributed by atoms with Crippen molar-refractivity contribution in [2.75, 3.05) is 10.6 Å². The molecule has 0 saturated carbocycles. The first kappa shape index (κ1) is 22.5. The van der Waals surface area contributed by atoms with Gasteiger partial charge in [0.1, 0.15) is 18.0 Å². The quantitative estimate of drug-likeness (QED) is 0.605. The zero-order valence-corrected chi connectivity index (χ0v) is 16.6. The topological polar surface area (TPSA) is 102 Å². The number of alkyl halides is 3. The number of halogens is 3. The van der Waals surface area contributed by atoms with Crippen LogP contribution in [0.2, 0.25) is 0 Å². The number of carbonyl (C=O) groups excluding carboxylic acids is 2. The van der Waals surface area contributed by atoms with Gasteiger partial charge in [-0.15, -0.1) is 13.2 Å². The molecule has 0 saturated heterocycles. The molecule has 1 heterocycles. The number of nitrogens with zero attached hydrogens (tertiary/aromatic N) is 2. The van der Waals surface area contributed by atoms with Gasteiger partial charge in [-0.3, -0.25) is 14.4 Å². The zero-order valence-electron chi connectivity index (χ0n) is 16.6. The lowest BCUT2D eigenvalue weighted by atomic mass is 10.2. The molecule has 1 aromatic heterocycles. The van der Waals surface area contributed by atoms with Crippen LogP contribution in [0.3, 0.4) is 0 Å². The molecule has 0 atom stereocenters. The van der Waals surface area contributed by atoms with Gasteiger partial charge < -0.3 is 15.4 Å². The van der Waals surface area contributed by atoms with Crippen molar-refractivity contribution < 1.29 is 27.5 Å². The third kappa shape index (κ3) is 6.42. The van der Waals surface area contributed by atoms with Gasteiger partial charge in [0.25, 0.3) is 11.5 Å². The summed E-state index contributed by atoms with van der Waals surface area (Å²) >= 11 is 0. The molecule has 3 aromatic rings. The van der Waals surface area contributed by atoms with Crippen LogP contribution in [0.5, 0.6) is 5.75 Å². The Balaban J connectivity index is 1.65. The third-order valence-corrected chi connectivity index (χ3v) is 4.07. The van der Waals surface area contributed by atoms with Crippen molar-refractivity contribution in [1.82, 2.24) is 9.78 Å². The van der Waals surface area contributed by atoms with E-state index in [4.69, 9.17) is 0 Å². The summed E-state index contributed by atoms with van der Waals surface area (Å²) in [6, 6.07) is 13.9. The molecule has 11 heteroatoms. The van der Waals surface area contributed by atoms with E-state index < -0.39 is 36.0 Å². The molecule has 0 spiro atoms. The van der Waals surface area contributed by atoms with Gasteiger partial charge in [-0.25, -0.2) is 4.68 Å². The SMILES string of the molecule is Cc1ccc(NC(=O)c2ccc(=O)n(CC(=O)Nc3ccc(OC(F)(F)F)cc3)n2)cc1. The second-order valence-corrected chi connectivity index (χ2v) is 6.65. The summed E-state index contributed by atoms with van der Waals surface area (Å²) in [4.78, 5) is 36.6. The molecule has 166 valence electrons. The first-order valence-corrected chi connectivity index (χ1v) is 9.21. The number of hydrogen-bond acceptors (Lipinski definition) is 5. The van der Waals surface area contributed by atoms with Crippen molar-refractivity contribution in [2.24, 2.45) is 0 Å². The highest BCUT2D eigenvalue weighted by Crippen LogP contribution is 2.23. The van der Waals surface area contributed by atoms with Gasteiger partial charge in [0.05, 0.1) is 0 Å². The number of hydrogen-bond donors (Lipinski definition) is 2. The number of anilines is 2. The molecule has 0 aliphatic rings.